The van der Waals surface area contributed by atoms with Gasteiger partial charge in [0.15, 0.2) is 11.8 Å². The number of halogens is 1. The molecule has 7 nitrogen and oxygen atoms in total. The Labute approximate surface area is 166 Å². The molecule has 0 amide bonds. The molecule has 2 aromatic heterocycles. The molecule has 0 unspecified atom stereocenters. The third-order valence-corrected chi connectivity index (χ3v) is 3.23. The molecule has 0 saturated carbocycles. The van der Waals surface area contributed by atoms with E-state index in [9.17, 15) is 0 Å². The molecule has 0 fully saturated rings. The molecule has 0 spiro atoms. The lowest BCUT2D eigenvalue weighted by Gasteiger charge is -2.11. The van der Waals surface area contributed by atoms with E-state index in [-0.39, 0.29) is 29.4 Å². The van der Waals surface area contributed by atoms with Crippen molar-refractivity contribution in [3.8, 4) is 0 Å². The van der Waals surface area contributed by atoms with Gasteiger partial charge in [0.1, 0.15) is 6.54 Å². The van der Waals surface area contributed by atoms with Crippen molar-refractivity contribution in [3.63, 3.8) is 0 Å². The fourth-order valence-electron chi connectivity index (χ4n) is 1.97. The lowest BCUT2D eigenvalue weighted by Crippen LogP contribution is -2.38. The molecular weight excluding hydrogens is 431 g/mol. The molecule has 0 radical (unpaired) electrons. The number of hydrogen-bond donors (Lipinski definition) is 2. The summed E-state index contributed by atoms with van der Waals surface area (Å²) in [4.78, 5) is 13.2. The van der Waals surface area contributed by atoms with Gasteiger partial charge in [-0.3, -0.25) is 4.98 Å². The number of nitrogens with zero attached hydrogens (tertiary/aromatic N) is 4. The summed E-state index contributed by atoms with van der Waals surface area (Å²) in [6.45, 7) is 10.1. The molecule has 2 heterocycles. The number of hydrogen-bond acceptors (Lipinski definition) is 5. The fraction of sp³-hybridized carbons (Fsp3) is 0.529. The van der Waals surface area contributed by atoms with Crippen LogP contribution in [0.3, 0.4) is 0 Å². The van der Waals surface area contributed by atoms with Crippen molar-refractivity contribution >= 4 is 29.9 Å². The average molecular weight is 458 g/mol. The van der Waals surface area contributed by atoms with Crippen LogP contribution in [0.25, 0.3) is 0 Å². The first-order valence-electron chi connectivity index (χ1n) is 8.24. The number of pyridine rings is 1. The number of aromatic nitrogens is 3. The van der Waals surface area contributed by atoms with E-state index in [4.69, 9.17) is 4.52 Å². The largest absolute Gasteiger partial charge is 0.357 e. The monoisotopic (exact) mass is 458 g/mol. The van der Waals surface area contributed by atoms with Crippen molar-refractivity contribution in [3.05, 3.63) is 41.8 Å². The Morgan fingerprint density at radius 2 is 2.04 bits per heavy atom. The molecule has 0 saturated heterocycles. The Bertz CT molecular complexity index is 651. The lowest BCUT2D eigenvalue weighted by atomic mass is 9.97. The Balaban J connectivity index is 0.00000312. The first-order chi connectivity index (χ1) is 11.5. The molecular formula is C17H27IN6O. The van der Waals surface area contributed by atoms with Crippen LogP contribution in [-0.2, 0) is 18.4 Å². The van der Waals surface area contributed by atoms with Crippen LogP contribution in [0.4, 0.5) is 0 Å². The van der Waals surface area contributed by atoms with Gasteiger partial charge in [0, 0.05) is 36.8 Å². The second-order valence-corrected chi connectivity index (χ2v) is 6.46. The molecule has 0 aliphatic carbocycles. The van der Waals surface area contributed by atoms with Crippen molar-refractivity contribution in [2.24, 2.45) is 4.99 Å². The summed E-state index contributed by atoms with van der Waals surface area (Å²) in [6.07, 6.45) is 2.64. The molecule has 138 valence electrons. The lowest BCUT2D eigenvalue weighted by molar-refractivity contribution is 0.318. The topological polar surface area (TPSA) is 88.2 Å². The second kappa shape index (κ2) is 10.3. The third-order valence-electron chi connectivity index (χ3n) is 3.23. The molecule has 0 aliphatic heterocycles. The zero-order chi connectivity index (χ0) is 17.4. The van der Waals surface area contributed by atoms with Gasteiger partial charge in [0.05, 0.1) is 0 Å². The molecule has 0 aliphatic rings. The molecule has 8 heteroatoms. The average Bonchev–Trinajstić information content (AvgIpc) is 3.03. The predicted molar refractivity (Wildman–Crippen MR) is 109 cm³/mol. The fourth-order valence-corrected chi connectivity index (χ4v) is 1.97. The van der Waals surface area contributed by atoms with E-state index in [0.717, 1.165) is 31.2 Å². The summed E-state index contributed by atoms with van der Waals surface area (Å²) in [5.74, 6) is 1.94. The molecule has 25 heavy (non-hydrogen) atoms. The highest BCUT2D eigenvalue weighted by Gasteiger charge is 2.21. The van der Waals surface area contributed by atoms with Crippen LogP contribution in [0, 0.1) is 0 Å². The van der Waals surface area contributed by atoms with Gasteiger partial charge in [-0.25, -0.2) is 4.99 Å². The van der Waals surface area contributed by atoms with E-state index in [0.29, 0.717) is 18.3 Å². The summed E-state index contributed by atoms with van der Waals surface area (Å²) < 4.78 is 5.28. The van der Waals surface area contributed by atoms with E-state index < -0.39 is 0 Å². The Hall–Kier alpha value is -1.71. The molecule has 2 aromatic rings. The second-order valence-electron chi connectivity index (χ2n) is 6.46. The summed E-state index contributed by atoms with van der Waals surface area (Å²) >= 11 is 0. The smallest absolute Gasteiger partial charge is 0.232 e. The summed E-state index contributed by atoms with van der Waals surface area (Å²) in [5.41, 5.74) is 0.897. The Morgan fingerprint density at radius 3 is 2.64 bits per heavy atom. The van der Waals surface area contributed by atoms with E-state index in [1.807, 2.05) is 45.9 Å². The van der Waals surface area contributed by atoms with Crippen LogP contribution in [0.5, 0.6) is 0 Å². The normalized spacial score (nSPS) is 11.8. The van der Waals surface area contributed by atoms with Crippen molar-refractivity contribution in [1.82, 2.24) is 25.8 Å². The van der Waals surface area contributed by atoms with Gasteiger partial charge < -0.3 is 15.2 Å². The van der Waals surface area contributed by atoms with Crippen LogP contribution < -0.4 is 10.6 Å². The highest BCUT2D eigenvalue weighted by atomic mass is 127. The van der Waals surface area contributed by atoms with Crippen molar-refractivity contribution < 1.29 is 4.52 Å². The summed E-state index contributed by atoms with van der Waals surface area (Å²) in [6, 6.07) is 5.92. The zero-order valence-corrected chi connectivity index (χ0v) is 17.6. The summed E-state index contributed by atoms with van der Waals surface area (Å²) in [7, 11) is 0. The van der Waals surface area contributed by atoms with E-state index in [1.54, 1.807) is 6.20 Å². The van der Waals surface area contributed by atoms with Crippen LogP contribution in [0.2, 0.25) is 0 Å². The molecule has 0 atom stereocenters. The van der Waals surface area contributed by atoms with Crippen LogP contribution >= 0.6 is 24.0 Å². The van der Waals surface area contributed by atoms with Gasteiger partial charge >= 0.3 is 0 Å². The van der Waals surface area contributed by atoms with Crippen LogP contribution in [0.1, 0.15) is 45.1 Å². The van der Waals surface area contributed by atoms with Crippen molar-refractivity contribution in [2.75, 3.05) is 13.1 Å². The highest BCUT2D eigenvalue weighted by Crippen LogP contribution is 2.19. The first kappa shape index (κ1) is 21.3. The molecule has 2 N–H and O–H groups in total. The van der Waals surface area contributed by atoms with E-state index in [2.05, 4.69) is 30.8 Å². The minimum Gasteiger partial charge on any atom is -0.357 e. The van der Waals surface area contributed by atoms with Crippen LogP contribution in [-0.4, -0.2) is 34.2 Å². The highest BCUT2D eigenvalue weighted by molar-refractivity contribution is 14.0. The Morgan fingerprint density at radius 1 is 1.24 bits per heavy atom. The first-order valence-corrected chi connectivity index (χ1v) is 8.24. The molecule has 0 aromatic carbocycles. The van der Waals surface area contributed by atoms with Crippen molar-refractivity contribution in [1.29, 1.82) is 0 Å². The molecule has 2 rings (SSSR count). The minimum absolute atomic E-state index is 0. The number of nitrogens with one attached hydrogen (secondary N) is 2. The van der Waals surface area contributed by atoms with Gasteiger partial charge in [-0.1, -0.05) is 32.0 Å². The van der Waals surface area contributed by atoms with Gasteiger partial charge in [0.2, 0.25) is 5.89 Å². The minimum atomic E-state index is -0.152. The van der Waals surface area contributed by atoms with E-state index in [1.165, 1.54) is 0 Å². The number of aliphatic imine (C=N–C) groups is 1. The van der Waals surface area contributed by atoms with Gasteiger partial charge in [-0.2, -0.15) is 4.98 Å². The number of guanidine groups is 1. The maximum atomic E-state index is 5.28. The Kier molecular flexibility index (Phi) is 8.81. The van der Waals surface area contributed by atoms with Gasteiger partial charge in [-0.15, -0.1) is 24.0 Å². The predicted octanol–water partition coefficient (Wildman–Crippen LogP) is 2.68. The SMILES string of the molecule is CCNC(=NCc1noc(C(C)(C)C)n1)NCCc1ccccn1.I. The van der Waals surface area contributed by atoms with Crippen LogP contribution in [0.15, 0.2) is 33.9 Å². The maximum absolute atomic E-state index is 5.28. The quantitative estimate of drug-likeness (QED) is 0.393. The zero-order valence-electron chi connectivity index (χ0n) is 15.2. The molecule has 0 bridgehead atoms. The summed E-state index contributed by atoms with van der Waals surface area (Å²) in [5, 5.41) is 10.5. The third kappa shape index (κ3) is 7.37. The van der Waals surface area contributed by atoms with Gasteiger partial charge in [0.25, 0.3) is 0 Å². The maximum Gasteiger partial charge on any atom is 0.232 e. The standard InChI is InChI=1S/C17H26N6O.HI/c1-5-18-16(20-11-9-13-8-6-7-10-19-13)21-12-14-22-15(24-23-14)17(2,3)4;/h6-8,10H,5,9,11-12H2,1-4H3,(H2,18,20,21);1H. The van der Waals surface area contributed by atoms with Crippen molar-refractivity contribution in [2.45, 2.75) is 46.1 Å². The van der Waals surface area contributed by atoms with Gasteiger partial charge in [-0.05, 0) is 19.1 Å². The number of rotatable bonds is 6. The van der Waals surface area contributed by atoms with E-state index >= 15 is 0 Å².